The van der Waals surface area contributed by atoms with Crippen molar-refractivity contribution in [3.63, 3.8) is 0 Å². The summed E-state index contributed by atoms with van der Waals surface area (Å²) in [5.74, 6) is -2.48. The Morgan fingerprint density at radius 3 is 2.06 bits per heavy atom. The smallest absolute Gasteiger partial charge is 0.322 e. The quantitative estimate of drug-likeness (QED) is 0.339. The van der Waals surface area contributed by atoms with Gasteiger partial charge in [-0.2, -0.15) is 13.2 Å². The van der Waals surface area contributed by atoms with Crippen LogP contribution in [0.2, 0.25) is 0 Å². The standard InChI is InChI=1S/C25H15F5N2O/c26-17-9-7-15(8-10-17)22-5-2-6-23(32-22)16-3-1-4-19(13-16)31-24(33)20-12-11-18(27)14-21(20)25(28,29)30/h1-14H,(H,31,33). The summed E-state index contributed by atoms with van der Waals surface area (Å²) in [4.78, 5) is 17.1. The first-order valence-electron chi connectivity index (χ1n) is 9.72. The third kappa shape index (κ3) is 5.06. The predicted octanol–water partition coefficient (Wildman–Crippen LogP) is 6.96. The van der Waals surface area contributed by atoms with Gasteiger partial charge >= 0.3 is 6.18 Å². The topological polar surface area (TPSA) is 42.0 Å². The van der Waals surface area contributed by atoms with E-state index >= 15 is 0 Å². The Bertz CT molecular complexity index is 1320. The van der Waals surface area contributed by atoms with E-state index in [2.05, 4.69) is 10.3 Å². The highest BCUT2D eigenvalue weighted by molar-refractivity contribution is 6.05. The fourth-order valence-corrected chi connectivity index (χ4v) is 3.28. The van der Waals surface area contributed by atoms with Crippen molar-refractivity contribution in [3.8, 4) is 22.5 Å². The summed E-state index contributed by atoms with van der Waals surface area (Å²) >= 11 is 0. The molecule has 0 atom stereocenters. The molecule has 8 heteroatoms. The molecular weight excluding hydrogens is 439 g/mol. The number of alkyl halides is 3. The number of hydrogen-bond acceptors (Lipinski definition) is 2. The first kappa shape index (κ1) is 22.1. The molecule has 1 N–H and O–H groups in total. The maximum atomic E-state index is 13.3. The molecule has 33 heavy (non-hydrogen) atoms. The summed E-state index contributed by atoms with van der Waals surface area (Å²) in [6.45, 7) is 0. The zero-order valence-corrected chi connectivity index (χ0v) is 16.8. The number of nitrogens with zero attached hydrogens (tertiary/aromatic N) is 1. The van der Waals surface area contributed by atoms with Crippen LogP contribution in [-0.4, -0.2) is 10.9 Å². The lowest BCUT2D eigenvalue weighted by Crippen LogP contribution is -2.19. The molecule has 0 aliphatic rings. The Balaban J connectivity index is 1.62. The van der Waals surface area contributed by atoms with E-state index in [9.17, 15) is 26.7 Å². The van der Waals surface area contributed by atoms with Crippen LogP contribution in [0, 0.1) is 11.6 Å². The number of carbonyl (C=O) groups is 1. The molecule has 0 fully saturated rings. The zero-order chi connectivity index (χ0) is 23.6. The maximum absolute atomic E-state index is 13.3. The SMILES string of the molecule is O=C(Nc1cccc(-c2cccc(-c3ccc(F)cc3)n2)c1)c1ccc(F)cc1C(F)(F)F. The van der Waals surface area contributed by atoms with Crippen LogP contribution >= 0.6 is 0 Å². The van der Waals surface area contributed by atoms with Crippen molar-refractivity contribution in [2.45, 2.75) is 6.18 Å². The summed E-state index contributed by atoms with van der Waals surface area (Å²) in [6, 6.07) is 19.4. The van der Waals surface area contributed by atoms with E-state index in [0.29, 0.717) is 22.5 Å². The second kappa shape index (κ2) is 8.82. The van der Waals surface area contributed by atoms with Crippen molar-refractivity contribution in [2.75, 3.05) is 5.32 Å². The van der Waals surface area contributed by atoms with Crippen molar-refractivity contribution in [3.05, 3.63) is 108 Å². The van der Waals surface area contributed by atoms with Gasteiger partial charge in [0.1, 0.15) is 11.6 Å². The normalized spacial score (nSPS) is 11.3. The van der Waals surface area contributed by atoms with E-state index in [0.717, 1.165) is 12.1 Å². The molecule has 3 aromatic carbocycles. The maximum Gasteiger partial charge on any atom is 0.417 e. The fourth-order valence-electron chi connectivity index (χ4n) is 3.28. The van der Waals surface area contributed by atoms with Gasteiger partial charge in [-0.25, -0.2) is 13.8 Å². The number of anilines is 1. The number of nitrogens with one attached hydrogen (secondary N) is 1. The third-order valence-corrected chi connectivity index (χ3v) is 4.84. The van der Waals surface area contributed by atoms with Crippen molar-refractivity contribution >= 4 is 11.6 Å². The van der Waals surface area contributed by atoms with E-state index in [-0.39, 0.29) is 17.6 Å². The largest absolute Gasteiger partial charge is 0.417 e. The third-order valence-electron chi connectivity index (χ3n) is 4.84. The monoisotopic (exact) mass is 454 g/mol. The van der Waals surface area contributed by atoms with Crippen LogP contribution in [0.4, 0.5) is 27.6 Å². The Morgan fingerprint density at radius 1 is 0.727 bits per heavy atom. The van der Waals surface area contributed by atoms with Crippen LogP contribution < -0.4 is 5.32 Å². The lowest BCUT2D eigenvalue weighted by atomic mass is 10.1. The molecule has 4 rings (SSSR count). The first-order valence-corrected chi connectivity index (χ1v) is 9.72. The van der Waals surface area contributed by atoms with Gasteiger partial charge < -0.3 is 5.32 Å². The van der Waals surface area contributed by atoms with Crippen molar-refractivity contribution < 1.29 is 26.7 Å². The van der Waals surface area contributed by atoms with Gasteiger partial charge in [0.25, 0.3) is 5.91 Å². The molecule has 0 aliphatic heterocycles. The van der Waals surface area contributed by atoms with Gasteiger partial charge in [0, 0.05) is 16.8 Å². The van der Waals surface area contributed by atoms with Crippen LogP contribution in [-0.2, 0) is 6.18 Å². The number of amides is 1. The summed E-state index contributed by atoms with van der Waals surface area (Å²) in [6.07, 6.45) is -4.89. The highest BCUT2D eigenvalue weighted by Crippen LogP contribution is 2.33. The van der Waals surface area contributed by atoms with Gasteiger partial charge in [0.15, 0.2) is 0 Å². The lowest BCUT2D eigenvalue weighted by molar-refractivity contribution is -0.138. The summed E-state index contributed by atoms with van der Waals surface area (Å²) in [5.41, 5.74) is 0.652. The molecule has 0 saturated carbocycles. The zero-order valence-electron chi connectivity index (χ0n) is 16.8. The molecule has 4 aromatic rings. The van der Waals surface area contributed by atoms with Crippen LogP contribution in [0.15, 0.2) is 84.9 Å². The second-order valence-electron chi connectivity index (χ2n) is 7.14. The van der Waals surface area contributed by atoms with Gasteiger partial charge in [-0.1, -0.05) is 18.2 Å². The van der Waals surface area contributed by atoms with Crippen molar-refractivity contribution in [2.24, 2.45) is 0 Å². The van der Waals surface area contributed by atoms with E-state index in [4.69, 9.17) is 0 Å². The minimum absolute atomic E-state index is 0.240. The van der Waals surface area contributed by atoms with Gasteiger partial charge in [0.2, 0.25) is 0 Å². The van der Waals surface area contributed by atoms with Crippen LogP contribution in [0.1, 0.15) is 15.9 Å². The molecule has 0 unspecified atom stereocenters. The van der Waals surface area contributed by atoms with E-state index in [1.165, 1.54) is 18.2 Å². The van der Waals surface area contributed by atoms with E-state index < -0.39 is 29.0 Å². The molecule has 1 heterocycles. The molecular formula is C25H15F5N2O. The number of hydrogen-bond donors (Lipinski definition) is 1. The average Bonchev–Trinajstić information content (AvgIpc) is 2.79. The van der Waals surface area contributed by atoms with E-state index in [1.807, 2.05) is 0 Å². The minimum Gasteiger partial charge on any atom is -0.322 e. The second-order valence-corrected chi connectivity index (χ2v) is 7.14. The molecule has 1 aromatic heterocycles. The first-order chi connectivity index (χ1) is 15.7. The molecule has 0 spiro atoms. The average molecular weight is 454 g/mol. The van der Waals surface area contributed by atoms with Crippen LogP contribution in [0.3, 0.4) is 0 Å². The van der Waals surface area contributed by atoms with Crippen LogP contribution in [0.5, 0.6) is 0 Å². The summed E-state index contributed by atoms with van der Waals surface area (Å²) in [7, 11) is 0. The number of aromatic nitrogens is 1. The minimum atomic E-state index is -4.89. The Morgan fingerprint density at radius 2 is 1.36 bits per heavy atom. The van der Waals surface area contributed by atoms with Crippen molar-refractivity contribution in [1.82, 2.24) is 4.98 Å². The Labute approximate surface area is 185 Å². The van der Waals surface area contributed by atoms with Crippen LogP contribution in [0.25, 0.3) is 22.5 Å². The molecule has 0 bridgehead atoms. The molecule has 0 aliphatic carbocycles. The summed E-state index contributed by atoms with van der Waals surface area (Å²) < 4.78 is 66.2. The molecule has 166 valence electrons. The molecule has 0 radical (unpaired) electrons. The number of carbonyl (C=O) groups excluding carboxylic acids is 1. The van der Waals surface area contributed by atoms with Gasteiger partial charge in [0.05, 0.1) is 22.5 Å². The Kier molecular flexibility index (Phi) is 5.91. The number of rotatable bonds is 4. The highest BCUT2D eigenvalue weighted by Gasteiger charge is 2.35. The predicted molar refractivity (Wildman–Crippen MR) is 114 cm³/mol. The lowest BCUT2D eigenvalue weighted by Gasteiger charge is -2.13. The Hall–Kier alpha value is -4.07. The number of pyridine rings is 1. The fraction of sp³-hybridized carbons (Fsp3) is 0.0400. The molecule has 0 saturated heterocycles. The number of halogens is 5. The van der Waals surface area contributed by atoms with Crippen molar-refractivity contribution in [1.29, 1.82) is 0 Å². The summed E-state index contributed by atoms with van der Waals surface area (Å²) in [5, 5.41) is 2.42. The van der Waals surface area contributed by atoms with E-state index in [1.54, 1.807) is 48.5 Å². The molecule has 1 amide bonds. The highest BCUT2D eigenvalue weighted by atomic mass is 19.4. The van der Waals surface area contributed by atoms with Gasteiger partial charge in [-0.15, -0.1) is 0 Å². The number of benzene rings is 3. The molecule has 3 nitrogen and oxygen atoms in total. The van der Waals surface area contributed by atoms with Gasteiger partial charge in [-0.3, -0.25) is 4.79 Å². The van der Waals surface area contributed by atoms with Gasteiger partial charge in [-0.05, 0) is 66.7 Å².